The van der Waals surface area contributed by atoms with Crippen LogP contribution in [0.15, 0.2) is 29.4 Å². The van der Waals surface area contributed by atoms with E-state index in [1.54, 1.807) is 19.1 Å². The second-order valence-electron chi connectivity index (χ2n) is 3.18. The maximum absolute atomic E-state index is 11.7. The van der Waals surface area contributed by atoms with Crippen LogP contribution >= 0.6 is 0 Å². The second kappa shape index (κ2) is 6.70. The molecular formula is C11H10N4O4. The first-order valence-electron chi connectivity index (χ1n) is 5.24. The van der Waals surface area contributed by atoms with Crippen molar-refractivity contribution in [3.8, 4) is 6.07 Å². The number of hydrogen-bond donors (Lipinski definition) is 1. The summed E-state index contributed by atoms with van der Waals surface area (Å²) in [4.78, 5) is 21.4. The summed E-state index contributed by atoms with van der Waals surface area (Å²) in [5, 5.41) is 22.6. The molecule has 0 radical (unpaired) electrons. The number of hydrazone groups is 1. The van der Waals surface area contributed by atoms with Crippen LogP contribution in [-0.4, -0.2) is 23.5 Å². The summed E-state index contributed by atoms with van der Waals surface area (Å²) in [6, 6.07) is 7.05. The highest BCUT2D eigenvalue weighted by molar-refractivity contribution is 5.96. The zero-order valence-corrected chi connectivity index (χ0v) is 9.99. The van der Waals surface area contributed by atoms with Crippen LogP contribution in [0, 0.1) is 21.4 Å². The number of nitriles is 1. The van der Waals surface area contributed by atoms with E-state index in [1.807, 2.05) is 11.5 Å². The third-order valence-electron chi connectivity index (χ3n) is 1.97. The summed E-state index contributed by atoms with van der Waals surface area (Å²) < 4.78 is 4.62. The summed E-state index contributed by atoms with van der Waals surface area (Å²) in [6.45, 7) is 1.59. The van der Waals surface area contributed by atoms with Gasteiger partial charge in [-0.2, -0.15) is 5.26 Å². The number of nitrogens with zero attached hydrogens (tertiary/aromatic N) is 3. The van der Waals surface area contributed by atoms with Gasteiger partial charge in [0.2, 0.25) is 0 Å². The summed E-state index contributed by atoms with van der Waals surface area (Å²) >= 11 is 0. The highest BCUT2D eigenvalue weighted by atomic mass is 16.7. The number of carbonyl (C=O) groups excluding carboxylic acids is 1. The quantitative estimate of drug-likeness (QED) is 0.375. The van der Waals surface area contributed by atoms with Crippen LogP contribution in [0.3, 0.4) is 0 Å². The average Bonchev–Trinajstić information content (AvgIpc) is 2.42. The second-order valence-corrected chi connectivity index (χ2v) is 3.18. The van der Waals surface area contributed by atoms with Crippen LogP contribution in [0.5, 0.6) is 0 Å². The standard InChI is InChI=1S/C11H10N4O4/c1-2-19-11(15(17)18)14-13-10(16)9-6-4-3-5-8(9)7-12/h3-6H,2H2,1H3,(H,13,16)/b14-11-. The highest BCUT2D eigenvalue weighted by Crippen LogP contribution is 2.06. The van der Waals surface area contributed by atoms with Crippen molar-refractivity contribution >= 4 is 11.9 Å². The Balaban J connectivity index is 2.88. The minimum Gasteiger partial charge on any atom is -0.424 e. The first-order chi connectivity index (χ1) is 9.10. The summed E-state index contributed by atoms with van der Waals surface area (Å²) in [5.41, 5.74) is 2.20. The fourth-order valence-corrected chi connectivity index (χ4v) is 1.19. The smallest absolute Gasteiger partial charge is 0.424 e. The molecular weight excluding hydrogens is 252 g/mol. The molecule has 0 heterocycles. The van der Waals surface area contributed by atoms with Gasteiger partial charge in [-0.1, -0.05) is 12.1 Å². The maximum Gasteiger partial charge on any atom is 0.562 e. The van der Waals surface area contributed by atoms with Gasteiger partial charge in [0.25, 0.3) is 5.91 Å². The lowest BCUT2D eigenvalue weighted by Gasteiger charge is -2.00. The molecule has 19 heavy (non-hydrogen) atoms. The molecule has 0 aromatic heterocycles. The fraction of sp³-hybridized carbons (Fsp3) is 0.182. The maximum atomic E-state index is 11.7. The number of hydrogen-bond acceptors (Lipinski definition) is 6. The molecule has 1 aromatic rings. The predicted molar refractivity (Wildman–Crippen MR) is 64.7 cm³/mol. The molecule has 1 N–H and O–H groups in total. The summed E-state index contributed by atoms with van der Waals surface area (Å²) in [5.74, 6) is -0.726. The van der Waals surface area contributed by atoms with Gasteiger partial charge < -0.3 is 14.9 Å². The third-order valence-corrected chi connectivity index (χ3v) is 1.97. The van der Waals surface area contributed by atoms with E-state index in [4.69, 9.17) is 5.26 Å². The molecule has 8 nitrogen and oxygen atoms in total. The molecule has 1 rings (SSSR count). The van der Waals surface area contributed by atoms with E-state index in [0.717, 1.165) is 0 Å². The molecule has 0 aliphatic rings. The number of nitrogens with one attached hydrogen (secondary N) is 1. The van der Waals surface area contributed by atoms with Crippen LogP contribution in [0.1, 0.15) is 22.8 Å². The number of carbonyl (C=O) groups is 1. The molecule has 0 spiro atoms. The molecule has 0 saturated heterocycles. The van der Waals surface area contributed by atoms with Crippen molar-refractivity contribution in [3.63, 3.8) is 0 Å². The van der Waals surface area contributed by atoms with E-state index >= 15 is 0 Å². The number of amidine groups is 1. The number of nitro groups is 1. The predicted octanol–water partition coefficient (Wildman–Crippen LogP) is 0.872. The lowest BCUT2D eigenvalue weighted by Crippen LogP contribution is -2.25. The average molecular weight is 262 g/mol. The van der Waals surface area contributed by atoms with Crippen molar-refractivity contribution in [2.75, 3.05) is 6.61 Å². The van der Waals surface area contributed by atoms with Crippen LogP contribution in [-0.2, 0) is 4.74 Å². The number of rotatable bonds is 3. The van der Waals surface area contributed by atoms with Crippen molar-refractivity contribution in [1.82, 2.24) is 5.43 Å². The Kier molecular flexibility index (Phi) is 4.98. The molecule has 0 unspecified atom stereocenters. The van der Waals surface area contributed by atoms with Gasteiger partial charge in [0.1, 0.15) is 5.10 Å². The SMILES string of the molecule is CCO/C(=N\NC(=O)c1ccccc1C#N)[N+](=O)[O-]. The molecule has 0 bridgehead atoms. The van der Waals surface area contributed by atoms with E-state index in [-0.39, 0.29) is 17.7 Å². The minimum absolute atomic E-state index is 0.0461. The third kappa shape index (κ3) is 3.78. The number of benzene rings is 1. The lowest BCUT2D eigenvalue weighted by molar-refractivity contribution is -0.375. The molecule has 0 saturated carbocycles. The summed E-state index contributed by atoms with van der Waals surface area (Å²) in [7, 11) is 0. The van der Waals surface area contributed by atoms with Gasteiger partial charge in [0, 0.05) is 4.92 Å². The van der Waals surface area contributed by atoms with E-state index < -0.39 is 16.9 Å². The van der Waals surface area contributed by atoms with Crippen molar-refractivity contribution in [3.05, 3.63) is 45.5 Å². The lowest BCUT2D eigenvalue weighted by atomic mass is 10.1. The van der Waals surface area contributed by atoms with Crippen LogP contribution < -0.4 is 5.43 Å². The summed E-state index contributed by atoms with van der Waals surface area (Å²) in [6.07, 6.45) is 0. The topological polar surface area (TPSA) is 118 Å². The Morgan fingerprint density at radius 2 is 2.26 bits per heavy atom. The molecule has 0 fully saturated rings. The van der Waals surface area contributed by atoms with Crippen molar-refractivity contribution < 1.29 is 14.5 Å². The molecule has 0 atom stereocenters. The van der Waals surface area contributed by atoms with Gasteiger partial charge >= 0.3 is 6.02 Å². The van der Waals surface area contributed by atoms with Gasteiger partial charge in [-0.15, -0.1) is 5.43 Å². The molecule has 0 aliphatic heterocycles. The number of amides is 1. The van der Waals surface area contributed by atoms with E-state index in [0.29, 0.717) is 0 Å². The van der Waals surface area contributed by atoms with Gasteiger partial charge in [0.05, 0.1) is 23.8 Å². The van der Waals surface area contributed by atoms with Crippen molar-refractivity contribution in [1.29, 1.82) is 5.26 Å². The fourth-order valence-electron chi connectivity index (χ4n) is 1.19. The Bertz CT molecular complexity index is 562. The van der Waals surface area contributed by atoms with Gasteiger partial charge in [-0.05, 0) is 19.1 Å². The molecule has 8 heteroatoms. The molecule has 98 valence electrons. The van der Waals surface area contributed by atoms with Crippen LogP contribution in [0.25, 0.3) is 0 Å². The molecule has 1 amide bonds. The highest BCUT2D eigenvalue weighted by Gasteiger charge is 2.17. The zero-order valence-electron chi connectivity index (χ0n) is 9.99. The first-order valence-corrected chi connectivity index (χ1v) is 5.24. The zero-order chi connectivity index (χ0) is 14.3. The molecule has 1 aromatic carbocycles. The van der Waals surface area contributed by atoms with Gasteiger partial charge in [-0.3, -0.25) is 4.79 Å². The van der Waals surface area contributed by atoms with Crippen LogP contribution in [0.2, 0.25) is 0 Å². The first kappa shape index (κ1) is 14.1. The van der Waals surface area contributed by atoms with Crippen molar-refractivity contribution in [2.45, 2.75) is 6.92 Å². The van der Waals surface area contributed by atoms with E-state index in [2.05, 4.69) is 9.84 Å². The Labute approximate surface area is 108 Å². The largest absolute Gasteiger partial charge is 0.562 e. The number of ether oxygens (including phenoxy) is 1. The van der Waals surface area contributed by atoms with Gasteiger partial charge in [-0.25, -0.2) is 0 Å². The molecule has 0 aliphatic carbocycles. The van der Waals surface area contributed by atoms with Crippen molar-refractivity contribution in [2.24, 2.45) is 5.10 Å². The normalized spacial score (nSPS) is 10.4. The van der Waals surface area contributed by atoms with Gasteiger partial charge in [0.15, 0.2) is 0 Å². The Morgan fingerprint density at radius 1 is 1.58 bits per heavy atom. The minimum atomic E-state index is -0.861. The van der Waals surface area contributed by atoms with Crippen LogP contribution in [0.4, 0.5) is 0 Å². The Morgan fingerprint density at radius 3 is 2.84 bits per heavy atom. The van der Waals surface area contributed by atoms with E-state index in [9.17, 15) is 14.9 Å². The Hall–Kier alpha value is -2.95. The monoisotopic (exact) mass is 262 g/mol. The van der Waals surface area contributed by atoms with E-state index in [1.165, 1.54) is 12.1 Å².